The highest BCUT2D eigenvalue weighted by molar-refractivity contribution is 4.51. The van der Waals surface area contributed by atoms with Gasteiger partial charge in [-0.25, -0.2) is 0 Å². The summed E-state index contributed by atoms with van der Waals surface area (Å²) < 4.78 is 39.1. The Morgan fingerprint density at radius 3 is 2.42 bits per heavy atom. The molecule has 0 radical (unpaired) electrons. The molecule has 1 unspecified atom stereocenters. The third-order valence-corrected chi connectivity index (χ3v) is 0.937. The second kappa shape index (κ2) is 5.34. The zero-order chi connectivity index (χ0) is 9.61. The van der Waals surface area contributed by atoms with Gasteiger partial charge in [0, 0.05) is 7.11 Å². The summed E-state index contributed by atoms with van der Waals surface area (Å²) >= 11 is 0. The van der Waals surface area contributed by atoms with Crippen LogP contribution in [0.3, 0.4) is 0 Å². The van der Waals surface area contributed by atoms with Gasteiger partial charge >= 0.3 is 6.18 Å². The number of ether oxygens (including phenoxy) is 1. The fourth-order valence-electron chi connectivity index (χ4n) is 0.550. The molecule has 0 aliphatic carbocycles. The van der Waals surface area contributed by atoms with Crippen molar-refractivity contribution in [1.82, 2.24) is 5.48 Å². The molecular formula is C6H12F3NO2. The summed E-state index contributed by atoms with van der Waals surface area (Å²) in [4.78, 5) is 4.16. The highest BCUT2D eigenvalue weighted by Crippen LogP contribution is 2.13. The topological polar surface area (TPSA) is 30.5 Å². The number of hydrogen-bond acceptors (Lipinski definition) is 3. The first-order chi connectivity index (χ1) is 5.45. The average molecular weight is 187 g/mol. The number of nitrogens with one attached hydrogen (secondary N) is 1. The van der Waals surface area contributed by atoms with Crippen molar-refractivity contribution in [3.8, 4) is 0 Å². The lowest BCUT2D eigenvalue weighted by molar-refractivity contribution is -0.193. The predicted octanol–water partition coefficient (Wildman–Crippen LogP) is 1.10. The summed E-state index contributed by atoms with van der Waals surface area (Å²) in [5.41, 5.74) is 2.20. The molecule has 1 N–H and O–H groups in total. The lowest BCUT2D eigenvalue weighted by Crippen LogP contribution is -2.33. The average Bonchev–Trinajstić information content (AvgIpc) is 1.84. The van der Waals surface area contributed by atoms with E-state index < -0.39 is 12.8 Å². The van der Waals surface area contributed by atoms with Crippen LogP contribution in [-0.2, 0) is 9.57 Å². The highest BCUT2D eigenvalue weighted by Gasteiger charge is 2.27. The van der Waals surface area contributed by atoms with Crippen LogP contribution in [0.15, 0.2) is 0 Å². The van der Waals surface area contributed by atoms with Gasteiger partial charge in [-0.3, -0.25) is 4.84 Å². The second-order valence-corrected chi connectivity index (χ2v) is 2.38. The minimum absolute atomic E-state index is 0.252. The van der Waals surface area contributed by atoms with Crippen molar-refractivity contribution >= 4 is 0 Å². The van der Waals surface area contributed by atoms with Crippen molar-refractivity contribution in [3.63, 3.8) is 0 Å². The SMILES string of the molecule is COCC(C)NOCC(F)(F)F. The van der Waals surface area contributed by atoms with Gasteiger partial charge in [0.1, 0.15) is 0 Å². The molecule has 0 aromatic heterocycles. The molecule has 0 aliphatic rings. The normalized spacial score (nSPS) is 14.8. The molecule has 0 aliphatic heterocycles. The maximum atomic E-state index is 11.5. The van der Waals surface area contributed by atoms with Crippen molar-refractivity contribution in [3.05, 3.63) is 0 Å². The van der Waals surface area contributed by atoms with Gasteiger partial charge in [0.05, 0.1) is 12.6 Å². The Morgan fingerprint density at radius 2 is 2.00 bits per heavy atom. The van der Waals surface area contributed by atoms with Crippen LogP contribution in [-0.4, -0.2) is 32.5 Å². The van der Waals surface area contributed by atoms with Crippen LogP contribution in [0.1, 0.15) is 6.92 Å². The highest BCUT2D eigenvalue weighted by atomic mass is 19.4. The number of alkyl halides is 3. The molecule has 74 valence electrons. The quantitative estimate of drug-likeness (QED) is 0.654. The van der Waals surface area contributed by atoms with Gasteiger partial charge in [0.2, 0.25) is 0 Å². The van der Waals surface area contributed by atoms with Crippen molar-refractivity contribution in [2.75, 3.05) is 20.3 Å². The molecule has 6 heteroatoms. The number of hydrogen-bond donors (Lipinski definition) is 1. The molecule has 0 aromatic carbocycles. The van der Waals surface area contributed by atoms with E-state index in [-0.39, 0.29) is 6.04 Å². The van der Waals surface area contributed by atoms with E-state index in [1.165, 1.54) is 7.11 Å². The maximum Gasteiger partial charge on any atom is 0.413 e. The summed E-state index contributed by atoms with van der Waals surface area (Å²) in [5, 5.41) is 0. The molecule has 3 nitrogen and oxygen atoms in total. The molecule has 0 amide bonds. The molecule has 0 heterocycles. The third kappa shape index (κ3) is 7.77. The maximum absolute atomic E-state index is 11.5. The monoisotopic (exact) mass is 187 g/mol. The minimum Gasteiger partial charge on any atom is -0.383 e. The van der Waals surface area contributed by atoms with Crippen LogP contribution < -0.4 is 5.48 Å². The third-order valence-electron chi connectivity index (χ3n) is 0.937. The molecule has 0 bridgehead atoms. The first kappa shape index (κ1) is 11.7. The van der Waals surface area contributed by atoms with Crippen LogP contribution in [0.25, 0.3) is 0 Å². The van der Waals surface area contributed by atoms with E-state index in [1.807, 2.05) is 0 Å². The molecule has 0 rings (SSSR count). The van der Waals surface area contributed by atoms with E-state index >= 15 is 0 Å². The first-order valence-corrected chi connectivity index (χ1v) is 3.38. The summed E-state index contributed by atoms with van der Waals surface area (Å²) in [6.45, 7) is 0.665. The Kier molecular flexibility index (Phi) is 5.19. The van der Waals surface area contributed by atoms with Gasteiger partial charge in [0.15, 0.2) is 6.61 Å². The van der Waals surface area contributed by atoms with E-state index in [1.54, 1.807) is 6.92 Å². The summed E-state index contributed by atoms with van der Waals surface area (Å²) in [5.74, 6) is 0. The van der Waals surface area contributed by atoms with Gasteiger partial charge in [-0.15, -0.1) is 0 Å². The lowest BCUT2D eigenvalue weighted by Gasteiger charge is -2.13. The fraction of sp³-hybridized carbons (Fsp3) is 1.00. The van der Waals surface area contributed by atoms with Crippen LogP contribution in [0.5, 0.6) is 0 Å². The Labute approximate surface area is 68.8 Å². The fourth-order valence-corrected chi connectivity index (χ4v) is 0.550. The summed E-state index contributed by atoms with van der Waals surface area (Å²) in [6, 6.07) is -0.252. The van der Waals surface area contributed by atoms with Crippen molar-refractivity contribution in [2.45, 2.75) is 19.1 Å². The molecule has 1 atom stereocenters. The van der Waals surface area contributed by atoms with Gasteiger partial charge in [-0.05, 0) is 6.92 Å². The second-order valence-electron chi connectivity index (χ2n) is 2.38. The molecule has 0 saturated carbocycles. The Hall–Kier alpha value is -0.330. The van der Waals surface area contributed by atoms with Gasteiger partial charge < -0.3 is 4.74 Å². The van der Waals surface area contributed by atoms with Crippen LogP contribution >= 0.6 is 0 Å². The van der Waals surface area contributed by atoms with Crippen LogP contribution in [0.4, 0.5) is 13.2 Å². The minimum atomic E-state index is -4.29. The summed E-state index contributed by atoms with van der Waals surface area (Å²) in [6.07, 6.45) is -4.29. The van der Waals surface area contributed by atoms with E-state index in [2.05, 4.69) is 15.1 Å². The number of rotatable bonds is 5. The van der Waals surface area contributed by atoms with Crippen LogP contribution in [0.2, 0.25) is 0 Å². The molecule has 0 spiro atoms. The van der Waals surface area contributed by atoms with Crippen LogP contribution in [0, 0.1) is 0 Å². The van der Waals surface area contributed by atoms with E-state index in [0.29, 0.717) is 6.61 Å². The predicted molar refractivity (Wildman–Crippen MR) is 36.5 cm³/mol. The number of hydroxylamine groups is 1. The molecule has 0 fully saturated rings. The summed E-state index contributed by atoms with van der Waals surface area (Å²) in [7, 11) is 1.46. The van der Waals surface area contributed by atoms with E-state index in [0.717, 1.165) is 0 Å². The molecular weight excluding hydrogens is 175 g/mol. The smallest absolute Gasteiger partial charge is 0.383 e. The van der Waals surface area contributed by atoms with Crippen molar-refractivity contribution in [2.24, 2.45) is 0 Å². The van der Waals surface area contributed by atoms with Gasteiger partial charge in [-0.2, -0.15) is 18.7 Å². The molecule has 0 aromatic rings. The zero-order valence-electron chi connectivity index (χ0n) is 6.94. The lowest BCUT2D eigenvalue weighted by atomic mass is 10.4. The first-order valence-electron chi connectivity index (χ1n) is 3.38. The van der Waals surface area contributed by atoms with Crippen molar-refractivity contribution in [1.29, 1.82) is 0 Å². The van der Waals surface area contributed by atoms with Gasteiger partial charge in [0.25, 0.3) is 0 Å². The Balaban J connectivity index is 3.31. The standard InChI is InChI=1S/C6H12F3NO2/c1-5(3-11-2)10-12-4-6(7,8)9/h5,10H,3-4H2,1-2H3. The Bertz CT molecular complexity index is 118. The molecule has 0 saturated heterocycles. The van der Waals surface area contributed by atoms with E-state index in [9.17, 15) is 13.2 Å². The van der Waals surface area contributed by atoms with E-state index in [4.69, 9.17) is 0 Å². The largest absolute Gasteiger partial charge is 0.413 e. The Morgan fingerprint density at radius 1 is 1.42 bits per heavy atom. The molecule has 12 heavy (non-hydrogen) atoms. The van der Waals surface area contributed by atoms with Crippen molar-refractivity contribution < 1.29 is 22.7 Å². The zero-order valence-corrected chi connectivity index (χ0v) is 6.94. The number of methoxy groups -OCH3 is 1. The number of halogens is 3. The van der Waals surface area contributed by atoms with Gasteiger partial charge in [-0.1, -0.05) is 0 Å².